The Morgan fingerprint density at radius 1 is 1.29 bits per heavy atom. The predicted octanol–water partition coefficient (Wildman–Crippen LogP) is 2.41. The lowest BCUT2D eigenvalue weighted by Gasteiger charge is -2.11. The second kappa shape index (κ2) is 5.57. The van der Waals surface area contributed by atoms with Crippen LogP contribution in [0.1, 0.15) is 21.6 Å². The topological polar surface area (TPSA) is 58.4 Å². The zero-order chi connectivity index (χ0) is 15.6. The number of aromatic nitrogens is 2. The van der Waals surface area contributed by atoms with E-state index in [4.69, 9.17) is 5.21 Å². The van der Waals surface area contributed by atoms with E-state index in [2.05, 4.69) is 5.10 Å². The fraction of sp³-hybridized carbons (Fsp3) is 0.231. The van der Waals surface area contributed by atoms with Crippen molar-refractivity contribution in [2.45, 2.75) is 12.7 Å². The van der Waals surface area contributed by atoms with Crippen LogP contribution in [-0.4, -0.2) is 33.0 Å². The van der Waals surface area contributed by atoms with Crippen LogP contribution < -0.4 is 0 Å². The Morgan fingerprint density at radius 2 is 1.90 bits per heavy atom. The van der Waals surface area contributed by atoms with Gasteiger partial charge < -0.3 is 0 Å². The molecule has 0 aliphatic rings. The molecule has 0 bridgehead atoms. The summed E-state index contributed by atoms with van der Waals surface area (Å²) < 4.78 is 38.7. The first-order valence-electron chi connectivity index (χ1n) is 5.94. The van der Waals surface area contributed by atoms with Gasteiger partial charge in [-0.15, -0.1) is 0 Å². The fourth-order valence-corrected chi connectivity index (χ4v) is 1.78. The highest BCUT2D eigenvalue weighted by Gasteiger charge is 2.29. The number of carbonyl (C=O) groups excluding carboxylic acids is 1. The van der Waals surface area contributed by atoms with E-state index in [0.717, 1.165) is 12.1 Å². The van der Waals surface area contributed by atoms with E-state index in [1.54, 1.807) is 0 Å². The van der Waals surface area contributed by atoms with Gasteiger partial charge in [-0.1, -0.05) is 12.1 Å². The summed E-state index contributed by atoms with van der Waals surface area (Å²) in [4.78, 5) is 11.7. The first kappa shape index (κ1) is 15.0. The first-order valence-corrected chi connectivity index (χ1v) is 5.94. The van der Waals surface area contributed by atoms with Crippen LogP contribution in [0.25, 0.3) is 0 Å². The van der Waals surface area contributed by atoms with E-state index in [0.29, 0.717) is 10.6 Å². The molecule has 1 aromatic carbocycles. The van der Waals surface area contributed by atoms with Crippen molar-refractivity contribution in [2.24, 2.45) is 0 Å². The molecule has 1 heterocycles. The number of hydrogen-bond donors (Lipinski definition) is 1. The zero-order valence-electron chi connectivity index (χ0n) is 11.0. The molecule has 1 N–H and O–H groups in total. The SMILES string of the molecule is CN(O)C(=O)c1ccnn1Cc1ccc(C(F)(F)F)cc1. The molecule has 112 valence electrons. The van der Waals surface area contributed by atoms with Crippen LogP contribution in [0.15, 0.2) is 36.5 Å². The lowest BCUT2D eigenvalue weighted by Crippen LogP contribution is -2.25. The molecule has 0 saturated carbocycles. The molecular weight excluding hydrogens is 287 g/mol. The molecule has 21 heavy (non-hydrogen) atoms. The highest BCUT2D eigenvalue weighted by Crippen LogP contribution is 2.29. The molecule has 0 spiro atoms. The van der Waals surface area contributed by atoms with Gasteiger partial charge in [-0.2, -0.15) is 18.3 Å². The first-order chi connectivity index (χ1) is 9.79. The van der Waals surface area contributed by atoms with Crippen LogP contribution in [0.2, 0.25) is 0 Å². The maximum atomic E-state index is 12.5. The molecular formula is C13H12F3N3O2. The predicted molar refractivity (Wildman–Crippen MR) is 66.7 cm³/mol. The minimum Gasteiger partial charge on any atom is -0.286 e. The molecule has 1 amide bonds. The lowest BCUT2D eigenvalue weighted by molar-refractivity contribution is -0.137. The fourth-order valence-electron chi connectivity index (χ4n) is 1.78. The molecule has 0 radical (unpaired) electrons. The van der Waals surface area contributed by atoms with Gasteiger partial charge in [0.15, 0.2) is 0 Å². The molecule has 0 fully saturated rings. The monoisotopic (exact) mass is 299 g/mol. The number of rotatable bonds is 3. The van der Waals surface area contributed by atoms with Gasteiger partial charge in [0.1, 0.15) is 5.69 Å². The lowest BCUT2D eigenvalue weighted by atomic mass is 10.1. The summed E-state index contributed by atoms with van der Waals surface area (Å²) in [5, 5.41) is 13.5. The summed E-state index contributed by atoms with van der Waals surface area (Å²) in [6, 6.07) is 6.00. The van der Waals surface area contributed by atoms with E-state index in [1.807, 2.05) is 0 Å². The van der Waals surface area contributed by atoms with Gasteiger partial charge in [0.2, 0.25) is 0 Å². The van der Waals surface area contributed by atoms with Crippen molar-refractivity contribution < 1.29 is 23.2 Å². The van der Waals surface area contributed by atoms with Gasteiger partial charge in [-0.05, 0) is 23.8 Å². The Bertz CT molecular complexity index is 633. The molecule has 2 rings (SSSR count). The van der Waals surface area contributed by atoms with Crippen LogP contribution >= 0.6 is 0 Å². The normalized spacial score (nSPS) is 11.5. The van der Waals surface area contributed by atoms with Crippen LogP contribution in [0, 0.1) is 0 Å². The van der Waals surface area contributed by atoms with Crippen LogP contribution in [0.5, 0.6) is 0 Å². The van der Waals surface area contributed by atoms with Crippen molar-refractivity contribution in [3.8, 4) is 0 Å². The van der Waals surface area contributed by atoms with Crippen molar-refractivity contribution in [1.29, 1.82) is 0 Å². The quantitative estimate of drug-likeness (QED) is 0.699. The number of hydroxylamine groups is 2. The number of halogens is 3. The molecule has 0 aliphatic heterocycles. The second-order valence-electron chi connectivity index (χ2n) is 4.40. The summed E-state index contributed by atoms with van der Waals surface area (Å²) in [7, 11) is 1.18. The highest BCUT2D eigenvalue weighted by atomic mass is 19.4. The third-order valence-electron chi connectivity index (χ3n) is 2.84. The molecule has 0 saturated heterocycles. The number of carbonyl (C=O) groups is 1. The largest absolute Gasteiger partial charge is 0.416 e. The van der Waals surface area contributed by atoms with Crippen molar-refractivity contribution in [3.63, 3.8) is 0 Å². The average molecular weight is 299 g/mol. The minimum absolute atomic E-state index is 0.125. The average Bonchev–Trinajstić information content (AvgIpc) is 2.85. The highest BCUT2D eigenvalue weighted by molar-refractivity contribution is 5.91. The smallest absolute Gasteiger partial charge is 0.286 e. The summed E-state index contributed by atoms with van der Waals surface area (Å²) in [5.41, 5.74) is -0.0423. The van der Waals surface area contributed by atoms with Crippen molar-refractivity contribution in [3.05, 3.63) is 53.3 Å². The van der Waals surface area contributed by atoms with Gasteiger partial charge in [0, 0.05) is 13.2 Å². The maximum absolute atomic E-state index is 12.5. The Balaban J connectivity index is 2.20. The van der Waals surface area contributed by atoms with Gasteiger partial charge in [0.25, 0.3) is 5.91 Å². The molecule has 2 aromatic rings. The molecule has 1 aromatic heterocycles. The number of alkyl halides is 3. The molecule has 0 aliphatic carbocycles. The number of amides is 1. The Morgan fingerprint density at radius 3 is 2.43 bits per heavy atom. The Labute approximate surface area is 118 Å². The van der Waals surface area contributed by atoms with E-state index < -0.39 is 17.6 Å². The Kier molecular flexibility index (Phi) is 3.99. The van der Waals surface area contributed by atoms with Crippen molar-refractivity contribution in [2.75, 3.05) is 7.05 Å². The summed E-state index contributed by atoms with van der Waals surface area (Å²) >= 11 is 0. The van der Waals surface area contributed by atoms with Crippen LogP contribution in [0.4, 0.5) is 13.2 Å². The van der Waals surface area contributed by atoms with Gasteiger partial charge in [-0.25, -0.2) is 5.06 Å². The van der Waals surface area contributed by atoms with Gasteiger partial charge in [0.05, 0.1) is 12.1 Å². The number of benzene rings is 1. The third-order valence-corrected chi connectivity index (χ3v) is 2.84. The van der Waals surface area contributed by atoms with E-state index >= 15 is 0 Å². The van der Waals surface area contributed by atoms with Gasteiger partial charge in [-0.3, -0.25) is 14.7 Å². The molecule has 0 atom stereocenters. The Hall–Kier alpha value is -2.35. The number of hydrogen-bond acceptors (Lipinski definition) is 3. The summed E-state index contributed by atoms with van der Waals surface area (Å²) in [6.45, 7) is 0.125. The molecule has 0 unspecified atom stereocenters. The minimum atomic E-state index is -4.38. The van der Waals surface area contributed by atoms with Crippen molar-refractivity contribution >= 4 is 5.91 Å². The van der Waals surface area contributed by atoms with Crippen LogP contribution in [0.3, 0.4) is 0 Å². The van der Waals surface area contributed by atoms with E-state index in [1.165, 1.54) is 36.1 Å². The second-order valence-corrected chi connectivity index (χ2v) is 4.40. The third kappa shape index (κ3) is 3.40. The van der Waals surface area contributed by atoms with Gasteiger partial charge >= 0.3 is 6.18 Å². The van der Waals surface area contributed by atoms with Crippen LogP contribution in [-0.2, 0) is 12.7 Å². The molecule has 5 nitrogen and oxygen atoms in total. The van der Waals surface area contributed by atoms with E-state index in [-0.39, 0.29) is 12.2 Å². The standard InChI is InChI=1S/C13H12F3N3O2/c1-18(21)12(20)11-6-7-17-19(11)8-9-2-4-10(5-3-9)13(14,15)16/h2-7,21H,8H2,1H3. The van der Waals surface area contributed by atoms with E-state index in [9.17, 15) is 18.0 Å². The number of nitrogens with zero attached hydrogens (tertiary/aromatic N) is 3. The molecule has 8 heteroatoms. The summed E-state index contributed by atoms with van der Waals surface area (Å²) in [5.74, 6) is -0.653. The summed E-state index contributed by atoms with van der Waals surface area (Å²) in [6.07, 6.45) is -3.01. The van der Waals surface area contributed by atoms with Crippen molar-refractivity contribution in [1.82, 2.24) is 14.8 Å². The zero-order valence-corrected chi connectivity index (χ0v) is 11.0. The maximum Gasteiger partial charge on any atom is 0.416 e.